The molecule has 0 aliphatic carbocycles. The van der Waals surface area contributed by atoms with E-state index in [1.54, 1.807) is 0 Å². The minimum Gasteiger partial charge on any atom is -0.338 e. The van der Waals surface area contributed by atoms with E-state index in [-0.39, 0.29) is 5.91 Å². The second kappa shape index (κ2) is 6.63. The number of halogens is 1. The Morgan fingerprint density at radius 1 is 1.09 bits per heavy atom. The topological polar surface area (TPSA) is 46.3 Å². The fourth-order valence-electron chi connectivity index (χ4n) is 3.16. The zero-order chi connectivity index (χ0) is 15.5. The van der Waals surface area contributed by atoms with Crippen LogP contribution in [0.15, 0.2) is 59.1 Å². The van der Waals surface area contributed by atoms with Gasteiger partial charge in [-0.15, -0.1) is 0 Å². The Morgan fingerprint density at radius 2 is 1.77 bits per heavy atom. The maximum atomic E-state index is 12.8. The lowest BCUT2D eigenvalue weighted by Crippen LogP contribution is -2.30. The van der Waals surface area contributed by atoms with Crippen molar-refractivity contribution in [2.45, 2.75) is 5.92 Å². The molecule has 0 spiro atoms. The van der Waals surface area contributed by atoms with Gasteiger partial charge in [-0.1, -0.05) is 42.5 Å². The number of nitrogens with zero attached hydrogens (tertiary/aromatic N) is 1. The Kier molecular flexibility index (Phi) is 4.60. The number of likely N-dealkylation sites (tertiary alicyclic amines) is 1. The van der Waals surface area contributed by atoms with Crippen LogP contribution in [0, 0.1) is 5.92 Å². The largest absolute Gasteiger partial charge is 0.338 e. The van der Waals surface area contributed by atoms with Crippen LogP contribution in [0.4, 0.5) is 0 Å². The first kappa shape index (κ1) is 15.3. The number of carbonyl (C=O) groups excluding carboxylic acids is 1. The summed E-state index contributed by atoms with van der Waals surface area (Å²) >= 11 is 3.46. The van der Waals surface area contributed by atoms with Crippen molar-refractivity contribution in [3.63, 3.8) is 0 Å². The highest BCUT2D eigenvalue weighted by Gasteiger charge is 2.35. The van der Waals surface area contributed by atoms with Crippen molar-refractivity contribution >= 4 is 21.8 Å². The lowest BCUT2D eigenvalue weighted by molar-refractivity contribution is 0.0785. The molecule has 2 aromatic carbocycles. The van der Waals surface area contributed by atoms with Gasteiger partial charge in [0.15, 0.2) is 0 Å². The van der Waals surface area contributed by atoms with Gasteiger partial charge in [0.25, 0.3) is 5.91 Å². The summed E-state index contributed by atoms with van der Waals surface area (Å²) in [6.45, 7) is 2.04. The summed E-state index contributed by atoms with van der Waals surface area (Å²) in [5.41, 5.74) is 7.92. The summed E-state index contributed by atoms with van der Waals surface area (Å²) in [4.78, 5) is 14.7. The molecule has 1 aliphatic rings. The van der Waals surface area contributed by atoms with Gasteiger partial charge < -0.3 is 10.6 Å². The van der Waals surface area contributed by atoms with Crippen molar-refractivity contribution < 1.29 is 4.79 Å². The lowest BCUT2D eigenvalue weighted by Gasteiger charge is -2.17. The van der Waals surface area contributed by atoms with Crippen molar-refractivity contribution in [3.8, 4) is 0 Å². The molecule has 1 fully saturated rings. The van der Waals surface area contributed by atoms with Crippen molar-refractivity contribution in [3.05, 3.63) is 70.2 Å². The quantitative estimate of drug-likeness (QED) is 0.914. The van der Waals surface area contributed by atoms with Crippen molar-refractivity contribution in [2.75, 3.05) is 19.6 Å². The third-order valence-corrected chi connectivity index (χ3v) is 5.05. The van der Waals surface area contributed by atoms with E-state index < -0.39 is 0 Å². The predicted molar refractivity (Wildman–Crippen MR) is 91.8 cm³/mol. The molecule has 2 N–H and O–H groups in total. The average molecular weight is 359 g/mol. The van der Waals surface area contributed by atoms with E-state index in [1.807, 2.05) is 47.4 Å². The number of hydrogen-bond acceptors (Lipinski definition) is 2. The van der Waals surface area contributed by atoms with E-state index >= 15 is 0 Å². The zero-order valence-corrected chi connectivity index (χ0v) is 13.9. The van der Waals surface area contributed by atoms with E-state index in [0.29, 0.717) is 23.9 Å². The molecule has 4 heteroatoms. The van der Waals surface area contributed by atoms with Crippen LogP contribution < -0.4 is 5.73 Å². The smallest absolute Gasteiger partial charge is 0.255 e. The average Bonchev–Trinajstić information content (AvgIpc) is 3.00. The minimum atomic E-state index is 0.0735. The number of amides is 1. The third kappa shape index (κ3) is 2.94. The van der Waals surface area contributed by atoms with Gasteiger partial charge in [0.2, 0.25) is 0 Å². The van der Waals surface area contributed by atoms with Gasteiger partial charge in [-0.3, -0.25) is 4.79 Å². The molecule has 2 aromatic rings. The Labute approximate surface area is 139 Å². The molecule has 1 aliphatic heterocycles. The maximum absolute atomic E-state index is 12.8. The molecule has 3 rings (SSSR count). The number of benzene rings is 2. The number of carbonyl (C=O) groups is 1. The van der Waals surface area contributed by atoms with E-state index in [9.17, 15) is 4.79 Å². The normalized spacial score (nSPS) is 21.1. The van der Waals surface area contributed by atoms with E-state index in [1.165, 1.54) is 5.56 Å². The van der Waals surface area contributed by atoms with Gasteiger partial charge in [-0.05, 0) is 46.1 Å². The Morgan fingerprint density at radius 3 is 2.45 bits per heavy atom. The number of rotatable bonds is 3. The first-order valence-electron chi connectivity index (χ1n) is 7.49. The molecule has 1 amide bonds. The van der Waals surface area contributed by atoms with Crippen LogP contribution in [0.25, 0.3) is 0 Å². The van der Waals surface area contributed by atoms with Crippen molar-refractivity contribution in [1.29, 1.82) is 0 Å². The fraction of sp³-hybridized carbons (Fsp3) is 0.278. The monoisotopic (exact) mass is 358 g/mol. The molecular weight excluding hydrogens is 340 g/mol. The van der Waals surface area contributed by atoms with Crippen molar-refractivity contribution in [2.24, 2.45) is 11.7 Å². The van der Waals surface area contributed by atoms with Gasteiger partial charge >= 0.3 is 0 Å². The predicted octanol–water partition coefficient (Wildman–Crippen LogP) is 3.26. The first-order chi connectivity index (χ1) is 10.7. The summed E-state index contributed by atoms with van der Waals surface area (Å²) in [6, 6.07) is 17.9. The van der Waals surface area contributed by atoms with Gasteiger partial charge in [0.1, 0.15) is 0 Å². The van der Waals surface area contributed by atoms with Crippen LogP contribution >= 0.6 is 15.9 Å². The summed E-state index contributed by atoms with van der Waals surface area (Å²) in [5.74, 6) is 0.704. The van der Waals surface area contributed by atoms with Crippen LogP contribution in [0.5, 0.6) is 0 Å². The SMILES string of the molecule is NC[C@@H]1CN(C(=O)c2ccccc2Br)C[C@H]1c1ccccc1. The third-order valence-electron chi connectivity index (χ3n) is 4.36. The highest BCUT2D eigenvalue weighted by atomic mass is 79.9. The molecule has 114 valence electrons. The van der Waals surface area contributed by atoms with Gasteiger partial charge in [-0.25, -0.2) is 0 Å². The first-order valence-corrected chi connectivity index (χ1v) is 8.29. The highest BCUT2D eigenvalue weighted by molar-refractivity contribution is 9.10. The Balaban J connectivity index is 1.83. The molecule has 3 nitrogen and oxygen atoms in total. The van der Waals surface area contributed by atoms with Crippen molar-refractivity contribution in [1.82, 2.24) is 4.90 Å². The fourth-order valence-corrected chi connectivity index (χ4v) is 3.61. The van der Waals surface area contributed by atoms with Crippen LogP contribution in [-0.4, -0.2) is 30.4 Å². The van der Waals surface area contributed by atoms with Crippen LogP contribution in [0.3, 0.4) is 0 Å². The molecule has 2 atom stereocenters. The summed E-state index contributed by atoms with van der Waals surface area (Å²) < 4.78 is 0.840. The lowest BCUT2D eigenvalue weighted by atomic mass is 9.89. The van der Waals surface area contributed by atoms with Gasteiger partial charge in [0.05, 0.1) is 5.56 Å². The number of nitrogens with two attached hydrogens (primary N) is 1. The van der Waals surface area contributed by atoms with E-state index in [2.05, 4.69) is 28.1 Å². The standard InChI is InChI=1S/C18H19BrN2O/c19-17-9-5-4-8-15(17)18(22)21-11-14(10-20)16(12-21)13-6-2-1-3-7-13/h1-9,14,16H,10-12,20H2/t14-,16+/m1/s1. The van der Waals surface area contributed by atoms with E-state index in [0.717, 1.165) is 17.6 Å². The summed E-state index contributed by atoms with van der Waals surface area (Å²) in [7, 11) is 0. The zero-order valence-electron chi connectivity index (χ0n) is 12.3. The Hall–Kier alpha value is -1.65. The van der Waals surface area contributed by atoms with Gasteiger partial charge in [-0.2, -0.15) is 0 Å². The van der Waals surface area contributed by atoms with E-state index in [4.69, 9.17) is 5.73 Å². The molecule has 1 heterocycles. The molecule has 0 bridgehead atoms. The summed E-state index contributed by atoms with van der Waals surface area (Å²) in [5, 5.41) is 0. The molecular formula is C18H19BrN2O. The molecule has 22 heavy (non-hydrogen) atoms. The van der Waals surface area contributed by atoms with Gasteiger partial charge in [0, 0.05) is 23.5 Å². The number of hydrogen-bond donors (Lipinski definition) is 1. The molecule has 0 radical (unpaired) electrons. The molecule has 1 saturated heterocycles. The molecule has 0 aromatic heterocycles. The second-order valence-corrected chi connectivity index (χ2v) is 6.56. The highest BCUT2D eigenvalue weighted by Crippen LogP contribution is 2.33. The van der Waals surface area contributed by atoms with Crippen LogP contribution in [-0.2, 0) is 0 Å². The maximum Gasteiger partial charge on any atom is 0.255 e. The molecule has 0 unspecified atom stereocenters. The molecule has 0 saturated carbocycles. The summed E-state index contributed by atoms with van der Waals surface area (Å²) in [6.07, 6.45) is 0. The minimum absolute atomic E-state index is 0.0735. The Bertz CT molecular complexity index is 659. The van der Waals surface area contributed by atoms with Crippen LogP contribution in [0.1, 0.15) is 21.8 Å². The second-order valence-electron chi connectivity index (χ2n) is 5.70. The van der Waals surface area contributed by atoms with Crippen LogP contribution in [0.2, 0.25) is 0 Å².